The van der Waals surface area contributed by atoms with E-state index in [1.54, 1.807) is 12.1 Å². The van der Waals surface area contributed by atoms with Crippen molar-refractivity contribution in [1.82, 2.24) is 14.8 Å². The maximum Gasteiger partial charge on any atom is 0.431 e. The highest BCUT2D eigenvalue weighted by molar-refractivity contribution is 6.00. The summed E-state index contributed by atoms with van der Waals surface area (Å²) in [7, 11) is 3.31. The second kappa shape index (κ2) is 7.42. The van der Waals surface area contributed by atoms with Crippen LogP contribution in [0, 0.1) is 5.92 Å². The van der Waals surface area contributed by atoms with Gasteiger partial charge in [-0.05, 0) is 42.7 Å². The Morgan fingerprint density at radius 3 is 2.70 bits per heavy atom. The molecule has 0 radical (unpaired) electrons. The molecule has 1 unspecified atom stereocenters. The largest absolute Gasteiger partial charge is 0.431 e. The molecule has 30 heavy (non-hydrogen) atoms. The smallest absolute Gasteiger partial charge is 0.394 e. The zero-order chi connectivity index (χ0) is 21.8. The Kier molecular flexibility index (Phi) is 5.18. The average Bonchev–Trinajstić information content (AvgIpc) is 2.99. The fraction of sp³-hybridized carbons (Fsp3) is 0.500. The summed E-state index contributed by atoms with van der Waals surface area (Å²) in [5, 5.41) is 12.9. The summed E-state index contributed by atoms with van der Waals surface area (Å²) in [5.74, 6) is -0.597. The minimum Gasteiger partial charge on any atom is -0.394 e. The number of rotatable bonds is 4. The number of hydrogen-bond acceptors (Lipinski definition) is 3. The number of aliphatic hydroxyl groups is 1. The van der Waals surface area contributed by atoms with Crippen LogP contribution in [0.25, 0.3) is 16.5 Å². The van der Waals surface area contributed by atoms with Crippen LogP contribution in [0.15, 0.2) is 24.3 Å². The Hall–Kier alpha value is -2.32. The summed E-state index contributed by atoms with van der Waals surface area (Å²) in [6, 6.07) is 4.82. The number of nitrogens with zero attached hydrogens (tertiary/aromatic N) is 2. The number of aryl methyl sites for hydroxylation is 1. The summed E-state index contributed by atoms with van der Waals surface area (Å²) in [5.41, 5.74) is 1.96. The molecular formula is C22H26F3N3O2. The molecule has 1 aliphatic carbocycles. The van der Waals surface area contributed by atoms with Crippen LogP contribution in [0.2, 0.25) is 0 Å². The number of hydrogen-bond donors (Lipinski definition) is 2. The van der Waals surface area contributed by atoms with Crippen molar-refractivity contribution in [3.63, 3.8) is 0 Å². The number of carbonyl (C=O) groups is 1. The van der Waals surface area contributed by atoms with Crippen LogP contribution in [0.4, 0.5) is 13.2 Å². The minimum absolute atomic E-state index is 0.128. The van der Waals surface area contributed by atoms with Crippen LogP contribution in [0.1, 0.15) is 30.2 Å². The summed E-state index contributed by atoms with van der Waals surface area (Å²) in [4.78, 5) is 14.7. The van der Waals surface area contributed by atoms with Crippen LogP contribution in [0.3, 0.4) is 0 Å². The Labute approximate surface area is 173 Å². The number of likely N-dealkylation sites (N-methyl/N-ethyl adjacent to an activating group) is 1. The molecule has 2 heterocycles. The maximum atomic E-state index is 13.8. The van der Waals surface area contributed by atoms with E-state index in [4.69, 9.17) is 0 Å². The molecule has 162 valence electrons. The number of aromatic nitrogens is 1. The van der Waals surface area contributed by atoms with Crippen LogP contribution in [-0.2, 0) is 24.4 Å². The molecule has 1 amide bonds. The fourth-order valence-corrected chi connectivity index (χ4v) is 4.91. The SMILES string of the molecule is CCC(CO)NC(=O)[C@@H]1C=C2c3cccc4c3c(c(C(F)(F)F)n4C)C[C@H]2N(C)C1. The third-order valence-corrected chi connectivity index (χ3v) is 6.46. The van der Waals surface area contributed by atoms with Gasteiger partial charge in [0.2, 0.25) is 5.91 Å². The lowest BCUT2D eigenvalue weighted by molar-refractivity contribution is -0.143. The highest BCUT2D eigenvalue weighted by Gasteiger charge is 2.43. The number of carbonyl (C=O) groups excluding carboxylic acids is 1. The first kappa shape index (κ1) is 20.9. The van der Waals surface area contributed by atoms with Gasteiger partial charge in [-0.3, -0.25) is 9.69 Å². The molecular weight excluding hydrogens is 395 g/mol. The Morgan fingerprint density at radius 2 is 2.07 bits per heavy atom. The highest BCUT2D eigenvalue weighted by Crippen LogP contribution is 2.46. The molecule has 0 saturated carbocycles. The van der Waals surface area contributed by atoms with Crippen LogP contribution >= 0.6 is 0 Å². The molecule has 1 aromatic heterocycles. The van der Waals surface area contributed by atoms with Gasteiger partial charge in [-0.1, -0.05) is 25.1 Å². The van der Waals surface area contributed by atoms with Crippen molar-refractivity contribution in [3.05, 3.63) is 41.1 Å². The summed E-state index contributed by atoms with van der Waals surface area (Å²) >= 11 is 0. The van der Waals surface area contributed by atoms with Gasteiger partial charge >= 0.3 is 6.18 Å². The predicted molar refractivity (Wildman–Crippen MR) is 109 cm³/mol. The monoisotopic (exact) mass is 421 g/mol. The Balaban J connectivity index is 1.83. The molecule has 0 fully saturated rings. The number of halogens is 3. The van der Waals surface area contributed by atoms with E-state index in [2.05, 4.69) is 5.32 Å². The summed E-state index contributed by atoms with van der Waals surface area (Å²) in [6.45, 7) is 2.18. The molecule has 1 aromatic carbocycles. The van der Waals surface area contributed by atoms with Gasteiger partial charge in [-0.25, -0.2) is 0 Å². The Bertz CT molecular complexity index is 1020. The highest BCUT2D eigenvalue weighted by atomic mass is 19.4. The first-order valence-electron chi connectivity index (χ1n) is 10.2. The van der Waals surface area contributed by atoms with Crippen molar-refractivity contribution in [3.8, 4) is 0 Å². The molecule has 2 N–H and O–H groups in total. The molecule has 2 aromatic rings. The molecule has 1 aliphatic heterocycles. The van der Waals surface area contributed by atoms with Gasteiger partial charge in [-0.15, -0.1) is 0 Å². The van der Waals surface area contributed by atoms with Gasteiger partial charge in [-0.2, -0.15) is 13.2 Å². The molecule has 0 spiro atoms. The number of aliphatic hydroxyl groups excluding tert-OH is 1. The number of benzene rings is 1. The van der Waals surface area contributed by atoms with Crippen LogP contribution in [-0.4, -0.2) is 52.8 Å². The van der Waals surface area contributed by atoms with E-state index in [0.717, 1.165) is 11.1 Å². The fourth-order valence-electron chi connectivity index (χ4n) is 4.91. The van der Waals surface area contributed by atoms with Crippen molar-refractivity contribution in [2.75, 3.05) is 20.2 Å². The number of fused-ring (bicyclic) bond motifs is 2. The molecule has 3 atom stereocenters. The van der Waals surface area contributed by atoms with Gasteiger partial charge in [0.25, 0.3) is 0 Å². The van der Waals surface area contributed by atoms with E-state index in [9.17, 15) is 23.1 Å². The Morgan fingerprint density at radius 1 is 1.33 bits per heavy atom. The third-order valence-electron chi connectivity index (χ3n) is 6.46. The van der Waals surface area contributed by atoms with Gasteiger partial charge in [0.05, 0.1) is 18.6 Å². The first-order chi connectivity index (χ1) is 14.2. The molecule has 0 bridgehead atoms. The summed E-state index contributed by atoms with van der Waals surface area (Å²) < 4.78 is 42.8. The first-order valence-corrected chi connectivity index (χ1v) is 10.2. The van der Waals surface area contributed by atoms with Gasteiger partial charge in [0.1, 0.15) is 5.69 Å². The van der Waals surface area contributed by atoms with Gasteiger partial charge < -0.3 is 15.0 Å². The van der Waals surface area contributed by atoms with E-state index in [1.807, 2.05) is 31.0 Å². The van der Waals surface area contributed by atoms with Crippen molar-refractivity contribution in [2.24, 2.45) is 13.0 Å². The molecule has 8 heteroatoms. The summed E-state index contributed by atoms with van der Waals surface area (Å²) in [6.07, 6.45) is -1.65. The van der Waals surface area contributed by atoms with E-state index in [1.165, 1.54) is 11.6 Å². The van der Waals surface area contributed by atoms with E-state index >= 15 is 0 Å². The van der Waals surface area contributed by atoms with Gasteiger partial charge in [0.15, 0.2) is 0 Å². The van der Waals surface area contributed by atoms with Crippen molar-refractivity contribution in [2.45, 2.75) is 38.0 Å². The lowest BCUT2D eigenvalue weighted by atomic mass is 9.79. The topological polar surface area (TPSA) is 57.5 Å². The van der Waals surface area contributed by atoms with Crippen molar-refractivity contribution < 1.29 is 23.1 Å². The number of nitrogens with one attached hydrogen (secondary N) is 1. The standard InChI is InChI=1S/C22H26F3N3O2/c1-4-13(11-29)26-21(30)12-8-15-14-6-5-7-17-19(14)16(9-18(15)27(2)10-12)20(28(17)3)22(23,24)25/h5-8,12-13,18,29H,4,9-11H2,1-3H3,(H,26,30)/t12-,13?,18-/m1/s1. The van der Waals surface area contributed by atoms with E-state index < -0.39 is 17.8 Å². The molecule has 4 rings (SSSR count). The normalized spacial score (nSPS) is 22.6. The third kappa shape index (κ3) is 3.22. The second-order valence-corrected chi connectivity index (χ2v) is 8.27. The van der Waals surface area contributed by atoms with Crippen molar-refractivity contribution >= 4 is 22.4 Å². The molecule has 5 nitrogen and oxygen atoms in total. The lowest BCUT2D eigenvalue weighted by Gasteiger charge is -2.40. The zero-order valence-electron chi connectivity index (χ0n) is 17.3. The van der Waals surface area contributed by atoms with Gasteiger partial charge in [0, 0.05) is 30.5 Å². The van der Waals surface area contributed by atoms with E-state index in [0.29, 0.717) is 29.4 Å². The maximum absolute atomic E-state index is 13.8. The quantitative estimate of drug-likeness (QED) is 0.798. The molecule has 0 saturated heterocycles. The number of amides is 1. The van der Waals surface area contributed by atoms with Crippen molar-refractivity contribution in [1.29, 1.82) is 0 Å². The molecule has 2 aliphatic rings. The van der Waals surface area contributed by atoms with E-state index in [-0.39, 0.29) is 31.0 Å². The van der Waals surface area contributed by atoms with Crippen LogP contribution in [0.5, 0.6) is 0 Å². The minimum atomic E-state index is -4.43. The van der Waals surface area contributed by atoms with Crippen LogP contribution < -0.4 is 5.32 Å². The average molecular weight is 421 g/mol. The number of alkyl halides is 3. The zero-order valence-corrected chi connectivity index (χ0v) is 17.3. The lowest BCUT2D eigenvalue weighted by Crippen LogP contribution is -2.48. The second-order valence-electron chi connectivity index (χ2n) is 8.27. The predicted octanol–water partition coefficient (Wildman–Crippen LogP) is 2.95.